The molecule has 0 aliphatic heterocycles. The number of aryl methyl sites for hydroxylation is 1. The van der Waals surface area contributed by atoms with Gasteiger partial charge in [-0.3, -0.25) is 9.59 Å². The SMILES string of the molecule is Cc1ccc(CN(C(=O)Cc2ccccc2F)[C@@H](C)C(=O)NCC(C)C)cc1. The van der Waals surface area contributed by atoms with Crippen LogP contribution in [-0.2, 0) is 22.6 Å². The second-order valence-electron chi connectivity index (χ2n) is 7.59. The van der Waals surface area contributed by atoms with Crippen molar-refractivity contribution in [3.05, 3.63) is 71.0 Å². The standard InChI is InChI=1S/C23H29FN2O2/c1-16(2)14-25-23(28)18(4)26(15-19-11-9-17(3)10-12-19)22(27)13-20-7-5-6-8-21(20)24/h5-12,16,18H,13-15H2,1-4H3,(H,25,28)/t18-/m0/s1. The van der Waals surface area contributed by atoms with Gasteiger partial charge in [0.1, 0.15) is 11.9 Å². The van der Waals surface area contributed by atoms with Crippen LogP contribution in [0.5, 0.6) is 0 Å². The van der Waals surface area contributed by atoms with Crippen molar-refractivity contribution in [2.75, 3.05) is 6.54 Å². The molecular weight excluding hydrogens is 355 g/mol. The van der Waals surface area contributed by atoms with Crippen LogP contribution in [0.1, 0.15) is 37.5 Å². The van der Waals surface area contributed by atoms with E-state index in [-0.39, 0.29) is 18.2 Å². The molecule has 0 aliphatic rings. The molecular formula is C23H29FN2O2. The number of hydrogen-bond acceptors (Lipinski definition) is 2. The van der Waals surface area contributed by atoms with Crippen LogP contribution in [0.3, 0.4) is 0 Å². The molecule has 0 heterocycles. The summed E-state index contributed by atoms with van der Waals surface area (Å²) in [6, 6.07) is 13.4. The van der Waals surface area contributed by atoms with Gasteiger partial charge >= 0.3 is 0 Å². The first-order valence-electron chi connectivity index (χ1n) is 9.64. The summed E-state index contributed by atoms with van der Waals surface area (Å²) in [6.07, 6.45) is -0.0830. The molecule has 0 bridgehead atoms. The van der Waals surface area contributed by atoms with Crippen molar-refractivity contribution in [2.24, 2.45) is 5.92 Å². The van der Waals surface area contributed by atoms with Crippen molar-refractivity contribution >= 4 is 11.8 Å². The Hall–Kier alpha value is -2.69. The zero-order valence-corrected chi connectivity index (χ0v) is 17.0. The molecule has 1 N–H and O–H groups in total. The minimum Gasteiger partial charge on any atom is -0.354 e. The molecule has 0 aromatic heterocycles. The normalized spacial score (nSPS) is 11.9. The predicted octanol–water partition coefficient (Wildman–Crippen LogP) is 3.87. The molecule has 2 amide bonds. The van der Waals surface area contributed by atoms with Crippen LogP contribution < -0.4 is 5.32 Å². The summed E-state index contributed by atoms with van der Waals surface area (Å²) in [5.41, 5.74) is 2.38. The molecule has 150 valence electrons. The first-order valence-corrected chi connectivity index (χ1v) is 9.64. The second kappa shape index (κ2) is 10.0. The number of hydrogen-bond donors (Lipinski definition) is 1. The van der Waals surface area contributed by atoms with Crippen molar-refractivity contribution in [3.63, 3.8) is 0 Å². The Morgan fingerprint density at radius 2 is 1.68 bits per heavy atom. The van der Waals surface area contributed by atoms with Gasteiger partial charge in [0.2, 0.25) is 11.8 Å². The number of carbonyl (C=O) groups excluding carboxylic acids is 2. The van der Waals surface area contributed by atoms with Gasteiger partial charge in [0.05, 0.1) is 6.42 Å². The lowest BCUT2D eigenvalue weighted by Crippen LogP contribution is -2.48. The third-order valence-corrected chi connectivity index (χ3v) is 4.62. The minimum atomic E-state index is -0.653. The number of halogens is 1. The molecule has 0 radical (unpaired) electrons. The lowest BCUT2D eigenvalue weighted by molar-refractivity contribution is -0.140. The first-order chi connectivity index (χ1) is 13.3. The lowest BCUT2D eigenvalue weighted by atomic mass is 10.1. The third kappa shape index (κ3) is 6.19. The second-order valence-corrected chi connectivity index (χ2v) is 7.59. The summed E-state index contributed by atoms with van der Waals surface area (Å²) >= 11 is 0. The topological polar surface area (TPSA) is 49.4 Å². The van der Waals surface area contributed by atoms with Crippen LogP contribution >= 0.6 is 0 Å². The zero-order valence-electron chi connectivity index (χ0n) is 17.0. The number of rotatable bonds is 8. The highest BCUT2D eigenvalue weighted by Gasteiger charge is 2.26. The van der Waals surface area contributed by atoms with E-state index in [1.807, 2.05) is 45.0 Å². The van der Waals surface area contributed by atoms with Crippen molar-refractivity contribution < 1.29 is 14.0 Å². The number of nitrogens with one attached hydrogen (secondary N) is 1. The highest BCUT2D eigenvalue weighted by molar-refractivity contribution is 5.88. The van der Waals surface area contributed by atoms with Gasteiger partial charge in [-0.25, -0.2) is 4.39 Å². The molecule has 0 saturated carbocycles. The molecule has 2 aromatic rings. The highest BCUT2D eigenvalue weighted by atomic mass is 19.1. The quantitative estimate of drug-likeness (QED) is 0.751. The van der Waals surface area contributed by atoms with Crippen molar-refractivity contribution in [1.29, 1.82) is 0 Å². The van der Waals surface area contributed by atoms with Gasteiger partial charge in [0.25, 0.3) is 0 Å². The zero-order chi connectivity index (χ0) is 20.7. The fourth-order valence-electron chi connectivity index (χ4n) is 2.83. The van der Waals surface area contributed by atoms with E-state index < -0.39 is 11.9 Å². The maximum absolute atomic E-state index is 14.0. The van der Waals surface area contributed by atoms with Gasteiger partial charge in [0.15, 0.2) is 0 Å². The monoisotopic (exact) mass is 384 g/mol. The summed E-state index contributed by atoms with van der Waals surface area (Å²) < 4.78 is 14.0. The van der Waals surface area contributed by atoms with E-state index in [9.17, 15) is 14.0 Å². The Morgan fingerprint density at radius 1 is 1.04 bits per heavy atom. The molecule has 2 rings (SSSR count). The predicted molar refractivity (Wildman–Crippen MR) is 109 cm³/mol. The summed E-state index contributed by atoms with van der Waals surface area (Å²) in [6.45, 7) is 8.57. The summed E-state index contributed by atoms with van der Waals surface area (Å²) in [7, 11) is 0. The van der Waals surface area contributed by atoms with Gasteiger partial charge in [-0.15, -0.1) is 0 Å². The van der Waals surface area contributed by atoms with Crippen LogP contribution in [-0.4, -0.2) is 29.3 Å². The molecule has 5 heteroatoms. The minimum absolute atomic E-state index is 0.0830. The maximum atomic E-state index is 14.0. The smallest absolute Gasteiger partial charge is 0.242 e. The van der Waals surface area contributed by atoms with E-state index in [0.717, 1.165) is 11.1 Å². The van der Waals surface area contributed by atoms with Gasteiger partial charge in [-0.1, -0.05) is 61.9 Å². The van der Waals surface area contributed by atoms with Gasteiger partial charge in [-0.05, 0) is 37.0 Å². The summed E-state index contributed by atoms with van der Waals surface area (Å²) in [5.74, 6) is -0.584. The van der Waals surface area contributed by atoms with Crippen LogP contribution in [0.25, 0.3) is 0 Å². The Balaban J connectivity index is 2.21. The van der Waals surface area contributed by atoms with Crippen LogP contribution in [0.2, 0.25) is 0 Å². The van der Waals surface area contributed by atoms with Crippen LogP contribution in [0.4, 0.5) is 4.39 Å². The van der Waals surface area contributed by atoms with Crippen LogP contribution in [0, 0.1) is 18.7 Å². The molecule has 0 saturated heterocycles. The molecule has 0 aliphatic carbocycles. The van der Waals surface area contributed by atoms with E-state index in [2.05, 4.69) is 5.32 Å². The molecule has 1 atom stereocenters. The lowest BCUT2D eigenvalue weighted by Gasteiger charge is -2.29. The third-order valence-electron chi connectivity index (χ3n) is 4.62. The van der Waals surface area contributed by atoms with E-state index >= 15 is 0 Å². The van der Waals surface area contributed by atoms with E-state index in [0.29, 0.717) is 24.6 Å². The maximum Gasteiger partial charge on any atom is 0.242 e. The fraction of sp³-hybridized carbons (Fsp3) is 0.391. The van der Waals surface area contributed by atoms with Gasteiger partial charge in [0, 0.05) is 13.1 Å². The first kappa shape index (κ1) is 21.6. The van der Waals surface area contributed by atoms with Crippen LogP contribution in [0.15, 0.2) is 48.5 Å². The highest BCUT2D eigenvalue weighted by Crippen LogP contribution is 2.15. The van der Waals surface area contributed by atoms with Crippen molar-refractivity contribution in [2.45, 2.75) is 46.7 Å². The number of amides is 2. The number of carbonyl (C=O) groups is 2. The Kier molecular flexibility index (Phi) is 7.73. The Morgan fingerprint density at radius 3 is 2.29 bits per heavy atom. The van der Waals surface area contributed by atoms with Crippen molar-refractivity contribution in [3.8, 4) is 0 Å². The van der Waals surface area contributed by atoms with Gasteiger partial charge < -0.3 is 10.2 Å². The Bertz CT molecular complexity index is 803. The number of nitrogens with zero attached hydrogens (tertiary/aromatic N) is 1. The van der Waals surface area contributed by atoms with E-state index in [4.69, 9.17) is 0 Å². The van der Waals surface area contributed by atoms with Gasteiger partial charge in [-0.2, -0.15) is 0 Å². The summed E-state index contributed by atoms with van der Waals surface area (Å²) in [4.78, 5) is 27.1. The summed E-state index contributed by atoms with van der Waals surface area (Å²) in [5, 5.41) is 2.88. The molecule has 0 spiro atoms. The van der Waals surface area contributed by atoms with E-state index in [1.165, 1.54) is 11.0 Å². The average Bonchev–Trinajstić information content (AvgIpc) is 2.66. The molecule has 0 unspecified atom stereocenters. The Labute approximate surface area is 166 Å². The van der Waals surface area contributed by atoms with Crippen molar-refractivity contribution in [1.82, 2.24) is 10.2 Å². The fourth-order valence-corrected chi connectivity index (χ4v) is 2.83. The molecule has 2 aromatic carbocycles. The number of benzene rings is 2. The molecule has 0 fully saturated rings. The largest absolute Gasteiger partial charge is 0.354 e. The van der Waals surface area contributed by atoms with E-state index in [1.54, 1.807) is 25.1 Å². The molecule has 4 nitrogen and oxygen atoms in total. The molecule has 28 heavy (non-hydrogen) atoms. The average molecular weight is 384 g/mol.